The van der Waals surface area contributed by atoms with Crippen LogP contribution in [0.5, 0.6) is 0 Å². The Kier molecular flexibility index (Phi) is 7.99. The number of benzene rings is 2. The highest BCUT2D eigenvalue weighted by atomic mass is 79.9. The van der Waals surface area contributed by atoms with Crippen molar-refractivity contribution in [3.63, 3.8) is 0 Å². The SMILES string of the molecule is C=CC=C.CC(C)c1ccc(N2CCN(c3ccc(Br)cc3)CC2)cc1. The first kappa shape index (κ1) is 20.3. The Hall–Kier alpha value is -2.00. The van der Waals surface area contributed by atoms with Crippen LogP contribution in [-0.2, 0) is 0 Å². The van der Waals surface area contributed by atoms with Crippen LogP contribution in [0.4, 0.5) is 11.4 Å². The summed E-state index contributed by atoms with van der Waals surface area (Å²) in [6, 6.07) is 17.7. The molecule has 0 amide bonds. The second kappa shape index (κ2) is 10.2. The van der Waals surface area contributed by atoms with Crippen molar-refractivity contribution in [3.05, 3.63) is 83.9 Å². The van der Waals surface area contributed by atoms with Crippen molar-refractivity contribution in [3.8, 4) is 0 Å². The molecule has 0 aromatic heterocycles. The largest absolute Gasteiger partial charge is 0.368 e. The molecule has 2 aromatic rings. The van der Waals surface area contributed by atoms with E-state index in [1.165, 1.54) is 16.9 Å². The van der Waals surface area contributed by atoms with Gasteiger partial charge in [-0.3, -0.25) is 0 Å². The number of hydrogen-bond donors (Lipinski definition) is 0. The van der Waals surface area contributed by atoms with Gasteiger partial charge in [0.25, 0.3) is 0 Å². The van der Waals surface area contributed by atoms with E-state index in [4.69, 9.17) is 0 Å². The Morgan fingerprint density at radius 1 is 0.769 bits per heavy atom. The zero-order chi connectivity index (χ0) is 18.9. The van der Waals surface area contributed by atoms with Gasteiger partial charge in [0.1, 0.15) is 0 Å². The van der Waals surface area contributed by atoms with Gasteiger partial charge in [0.15, 0.2) is 0 Å². The third-order valence-corrected chi connectivity index (χ3v) is 5.09. The fourth-order valence-corrected chi connectivity index (χ4v) is 3.21. The molecule has 1 aliphatic rings. The van der Waals surface area contributed by atoms with Gasteiger partial charge in [-0.05, 0) is 47.9 Å². The van der Waals surface area contributed by atoms with E-state index in [1.54, 1.807) is 12.2 Å². The predicted molar refractivity (Wildman–Crippen MR) is 119 cm³/mol. The Morgan fingerprint density at radius 2 is 1.15 bits per heavy atom. The molecule has 0 N–H and O–H groups in total. The first-order chi connectivity index (χ1) is 12.5. The molecule has 1 aliphatic heterocycles. The molecule has 0 radical (unpaired) electrons. The van der Waals surface area contributed by atoms with Gasteiger partial charge in [0.05, 0.1) is 0 Å². The van der Waals surface area contributed by atoms with Crippen LogP contribution in [0.25, 0.3) is 0 Å². The van der Waals surface area contributed by atoms with Crippen LogP contribution in [0.3, 0.4) is 0 Å². The maximum Gasteiger partial charge on any atom is 0.0368 e. The van der Waals surface area contributed by atoms with E-state index in [9.17, 15) is 0 Å². The monoisotopic (exact) mass is 412 g/mol. The van der Waals surface area contributed by atoms with Crippen molar-refractivity contribution in [2.75, 3.05) is 36.0 Å². The van der Waals surface area contributed by atoms with Crippen molar-refractivity contribution >= 4 is 27.3 Å². The Morgan fingerprint density at radius 3 is 1.50 bits per heavy atom. The van der Waals surface area contributed by atoms with Crippen molar-refractivity contribution in [2.45, 2.75) is 19.8 Å². The van der Waals surface area contributed by atoms with Crippen molar-refractivity contribution < 1.29 is 0 Å². The first-order valence-corrected chi connectivity index (χ1v) is 9.93. The molecule has 1 heterocycles. The van der Waals surface area contributed by atoms with E-state index < -0.39 is 0 Å². The Labute approximate surface area is 167 Å². The van der Waals surface area contributed by atoms with Gasteiger partial charge in [-0.25, -0.2) is 0 Å². The molecule has 138 valence electrons. The molecule has 0 saturated carbocycles. The van der Waals surface area contributed by atoms with Gasteiger partial charge in [0.2, 0.25) is 0 Å². The summed E-state index contributed by atoms with van der Waals surface area (Å²) < 4.78 is 1.14. The lowest BCUT2D eigenvalue weighted by Gasteiger charge is -2.37. The van der Waals surface area contributed by atoms with Gasteiger partial charge in [-0.15, -0.1) is 0 Å². The van der Waals surface area contributed by atoms with E-state index in [2.05, 4.69) is 101 Å². The molecule has 3 rings (SSSR count). The molecule has 1 saturated heterocycles. The molecule has 2 nitrogen and oxygen atoms in total. The fourth-order valence-electron chi connectivity index (χ4n) is 2.94. The molecule has 3 heteroatoms. The summed E-state index contributed by atoms with van der Waals surface area (Å²) in [6.07, 6.45) is 3.28. The van der Waals surface area contributed by atoms with Gasteiger partial charge in [-0.2, -0.15) is 0 Å². The lowest BCUT2D eigenvalue weighted by atomic mass is 10.0. The van der Waals surface area contributed by atoms with Crippen LogP contribution >= 0.6 is 15.9 Å². The fraction of sp³-hybridized carbons (Fsp3) is 0.304. The van der Waals surface area contributed by atoms with E-state index in [-0.39, 0.29) is 0 Å². The minimum absolute atomic E-state index is 0.600. The van der Waals surface area contributed by atoms with Crippen LogP contribution in [0, 0.1) is 0 Å². The van der Waals surface area contributed by atoms with Crippen molar-refractivity contribution in [1.82, 2.24) is 0 Å². The summed E-state index contributed by atoms with van der Waals surface area (Å²) in [4.78, 5) is 4.95. The maximum absolute atomic E-state index is 3.50. The van der Waals surface area contributed by atoms with Crippen LogP contribution in [0.15, 0.2) is 78.3 Å². The number of hydrogen-bond acceptors (Lipinski definition) is 2. The predicted octanol–water partition coefficient (Wildman–Crippen LogP) is 6.26. The molecular weight excluding hydrogens is 384 g/mol. The lowest BCUT2D eigenvalue weighted by Crippen LogP contribution is -2.46. The molecule has 0 aliphatic carbocycles. The zero-order valence-corrected chi connectivity index (χ0v) is 17.5. The highest BCUT2D eigenvalue weighted by Crippen LogP contribution is 2.24. The normalized spacial score (nSPS) is 13.8. The minimum Gasteiger partial charge on any atom is -0.368 e. The topological polar surface area (TPSA) is 6.48 Å². The second-order valence-corrected chi connectivity index (χ2v) is 7.58. The molecule has 26 heavy (non-hydrogen) atoms. The number of allylic oxidation sites excluding steroid dienone is 2. The number of halogens is 1. The summed E-state index contributed by atoms with van der Waals surface area (Å²) in [5.74, 6) is 0.600. The molecule has 0 atom stereocenters. The standard InChI is InChI=1S/C19H23BrN2.C4H6/c1-15(2)16-3-7-18(8-4-16)21-11-13-22(14-12-21)19-9-5-17(20)6-10-19;1-3-4-2/h3-10,15H,11-14H2,1-2H3;3-4H,1-2H2. The van der Waals surface area contributed by atoms with E-state index in [1.807, 2.05) is 0 Å². The average Bonchev–Trinajstić information content (AvgIpc) is 2.69. The van der Waals surface area contributed by atoms with Crippen LogP contribution in [0.1, 0.15) is 25.3 Å². The minimum atomic E-state index is 0.600. The van der Waals surface area contributed by atoms with E-state index in [0.29, 0.717) is 5.92 Å². The number of piperazine rings is 1. The number of nitrogens with zero attached hydrogens (tertiary/aromatic N) is 2. The van der Waals surface area contributed by atoms with Gasteiger partial charge in [-0.1, -0.05) is 67.2 Å². The molecule has 0 unspecified atom stereocenters. The molecule has 0 bridgehead atoms. The highest BCUT2D eigenvalue weighted by molar-refractivity contribution is 9.10. The summed E-state index contributed by atoms with van der Waals surface area (Å²) in [6.45, 7) is 15.5. The Bertz CT molecular complexity index is 675. The zero-order valence-electron chi connectivity index (χ0n) is 15.9. The number of rotatable bonds is 4. The van der Waals surface area contributed by atoms with E-state index >= 15 is 0 Å². The molecule has 2 aromatic carbocycles. The second-order valence-electron chi connectivity index (χ2n) is 6.67. The first-order valence-electron chi connectivity index (χ1n) is 9.14. The quantitative estimate of drug-likeness (QED) is 0.546. The Balaban J connectivity index is 0.000000552. The molecular formula is C23H29BrN2. The summed E-state index contributed by atoms with van der Waals surface area (Å²) in [5.41, 5.74) is 4.08. The van der Waals surface area contributed by atoms with Crippen molar-refractivity contribution in [2.24, 2.45) is 0 Å². The van der Waals surface area contributed by atoms with Gasteiger partial charge < -0.3 is 9.80 Å². The van der Waals surface area contributed by atoms with Crippen LogP contribution in [-0.4, -0.2) is 26.2 Å². The molecule has 1 fully saturated rings. The summed E-state index contributed by atoms with van der Waals surface area (Å²) in [5, 5.41) is 0. The third kappa shape index (κ3) is 5.77. The maximum atomic E-state index is 3.50. The van der Waals surface area contributed by atoms with Gasteiger partial charge >= 0.3 is 0 Å². The summed E-state index contributed by atoms with van der Waals surface area (Å²) >= 11 is 3.50. The lowest BCUT2D eigenvalue weighted by molar-refractivity contribution is 0.653. The highest BCUT2D eigenvalue weighted by Gasteiger charge is 2.17. The summed E-state index contributed by atoms with van der Waals surface area (Å²) in [7, 11) is 0. The van der Waals surface area contributed by atoms with Crippen LogP contribution in [0.2, 0.25) is 0 Å². The molecule has 0 spiro atoms. The number of anilines is 2. The van der Waals surface area contributed by atoms with Crippen LogP contribution < -0.4 is 9.80 Å². The average molecular weight is 413 g/mol. The smallest absolute Gasteiger partial charge is 0.0368 e. The van der Waals surface area contributed by atoms with Crippen molar-refractivity contribution in [1.29, 1.82) is 0 Å². The third-order valence-electron chi connectivity index (χ3n) is 4.56. The van der Waals surface area contributed by atoms with Gasteiger partial charge in [0, 0.05) is 42.0 Å². The van der Waals surface area contributed by atoms with E-state index in [0.717, 1.165) is 30.7 Å².